The molecule has 1 amide bonds. The second-order valence-electron chi connectivity index (χ2n) is 8.24. The van der Waals surface area contributed by atoms with Crippen molar-refractivity contribution in [2.24, 2.45) is 5.41 Å². The van der Waals surface area contributed by atoms with Crippen LogP contribution in [0.1, 0.15) is 58.3 Å². The van der Waals surface area contributed by atoms with E-state index in [2.05, 4.69) is 11.4 Å². The largest absolute Gasteiger partial charge is 0.394 e. The molecule has 1 saturated carbocycles. The molecule has 2 heterocycles. The van der Waals surface area contributed by atoms with Crippen molar-refractivity contribution in [2.45, 2.75) is 75.9 Å². The zero-order valence-corrected chi connectivity index (χ0v) is 15.3. The molecule has 0 radical (unpaired) electrons. The number of rotatable bonds is 4. The minimum absolute atomic E-state index is 0.0109. The number of hydrogen-bond acceptors (Lipinski definition) is 5. The van der Waals surface area contributed by atoms with Crippen LogP contribution in [0.15, 0.2) is 0 Å². The van der Waals surface area contributed by atoms with Gasteiger partial charge in [0.15, 0.2) is 0 Å². The van der Waals surface area contributed by atoms with Crippen LogP contribution in [0.5, 0.6) is 0 Å². The lowest BCUT2D eigenvalue weighted by atomic mass is 9.64. The fraction of sp³-hybridized carbons (Fsp3) is 0.895. The van der Waals surface area contributed by atoms with Gasteiger partial charge in [-0.05, 0) is 63.7 Å². The highest BCUT2D eigenvalue weighted by atomic mass is 16.5. The molecule has 0 aromatic rings. The smallest absolute Gasteiger partial charge is 0.240 e. The summed E-state index contributed by atoms with van der Waals surface area (Å²) < 4.78 is 5.51. The number of likely N-dealkylation sites (tertiary alicyclic amines) is 1. The Balaban J connectivity index is 1.60. The summed E-state index contributed by atoms with van der Waals surface area (Å²) in [5, 5.41) is 22.7. The molecule has 140 valence electrons. The van der Waals surface area contributed by atoms with E-state index >= 15 is 0 Å². The number of aliphatic hydroxyl groups is 1. The molecule has 25 heavy (non-hydrogen) atoms. The van der Waals surface area contributed by atoms with Crippen LogP contribution in [0, 0.1) is 16.7 Å². The van der Waals surface area contributed by atoms with Crippen molar-refractivity contribution in [3.05, 3.63) is 0 Å². The van der Waals surface area contributed by atoms with Gasteiger partial charge in [0, 0.05) is 25.3 Å². The third kappa shape index (κ3) is 3.84. The standard InChI is InChI=1S/C19H31N3O3/c1-15(17(24)22-10-2-3-16(22)13-20)21-19(14-23)6-4-18(5-7-19)8-11-25-12-9-18/h15-16,21,23H,2-12,14H2,1H3/t15-,16-/m0/s1. The molecule has 1 aliphatic carbocycles. The highest BCUT2D eigenvalue weighted by Gasteiger charge is 2.44. The lowest BCUT2D eigenvalue weighted by Crippen LogP contribution is -2.59. The van der Waals surface area contributed by atoms with E-state index in [-0.39, 0.29) is 30.1 Å². The Morgan fingerprint density at radius 1 is 1.32 bits per heavy atom. The Bertz CT molecular complexity index is 514. The molecule has 1 spiro atoms. The molecule has 2 atom stereocenters. The van der Waals surface area contributed by atoms with E-state index in [0.29, 0.717) is 12.0 Å². The van der Waals surface area contributed by atoms with E-state index in [0.717, 1.165) is 64.6 Å². The maximum atomic E-state index is 12.8. The van der Waals surface area contributed by atoms with E-state index < -0.39 is 0 Å². The van der Waals surface area contributed by atoms with E-state index in [9.17, 15) is 15.2 Å². The number of nitrogens with zero attached hydrogens (tertiary/aromatic N) is 2. The number of aliphatic hydroxyl groups excluding tert-OH is 1. The van der Waals surface area contributed by atoms with Crippen molar-refractivity contribution < 1.29 is 14.6 Å². The van der Waals surface area contributed by atoms with Gasteiger partial charge in [0.05, 0.1) is 18.7 Å². The normalized spacial score (nSPS) is 29.3. The first kappa shape index (κ1) is 18.6. The molecule has 3 aliphatic rings. The lowest BCUT2D eigenvalue weighted by Gasteiger charge is -2.48. The monoisotopic (exact) mass is 349 g/mol. The Labute approximate surface area is 150 Å². The SMILES string of the molecule is C[C@H](NC1(CO)CCC2(CCOCC2)CC1)C(=O)N1CCC[C@H]1C#N. The number of amides is 1. The van der Waals surface area contributed by atoms with E-state index in [1.807, 2.05) is 6.92 Å². The van der Waals surface area contributed by atoms with E-state index in [1.165, 1.54) is 0 Å². The second kappa shape index (κ2) is 7.61. The van der Waals surface area contributed by atoms with Gasteiger partial charge in [-0.3, -0.25) is 10.1 Å². The molecule has 6 nitrogen and oxygen atoms in total. The molecule has 2 saturated heterocycles. The summed E-state index contributed by atoms with van der Waals surface area (Å²) in [5.41, 5.74) is -0.00675. The van der Waals surface area contributed by atoms with Crippen LogP contribution >= 0.6 is 0 Å². The number of hydrogen-bond donors (Lipinski definition) is 2. The first-order valence-electron chi connectivity index (χ1n) is 9.70. The van der Waals surface area contributed by atoms with Gasteiger partial charge in [-0.1, -0.05) is 0 Å². The first-order valence-corrected chi connectivity index (χ1v) is 9.70. The molecule has 0 bridgehead atoms. The zero-order chi connectivity index (χ0) is 17.9. The van der Waals surface area contributed by atoms with Crippen molar-refractivity contribution in [2.75, 3.05) is 26.4 Å². The molecule has 0 unspecified atom stereocenters. The predicted octanol–water partition coefficient (Wildman–Crippen LogP) is 1.58. The summed E-state index contributed by atoms with van der Waals surface area (Å²) in [5.74, 6) is -0.0109. The highest BCUT2D eigenvalue weighted by molar-refractivity contribution is 5.82. The van der Waals surface area contributed by atoms with Crippen molar-refractivity contribution in [1.82, 2.24) is 10.2 Å². The Morgan fingerprint density at radius 3 is 2.60 bits per heavy atom. The van der Waals surface area contributed by atoms with Gasteiger partial charge in [-0.25, -0.2) is 0 Å². The molecule has 2 N–H and O–H groups in total. The molecule has 0 aromatic carbocycles. The number of carbonyl (C=O) groups excluding carboxylic acids is 1. The maximum absolute atomic E-state index is 12.8. The summed E-state index contributed by atoms with van der Waals surface area (Å²) in [4.78, 5) is 14.5. The summed E-state index contributed by atoms with van der Waals surface area (Å²) >= 11 is 0. The van der Waals surface area contributed by atoms with Crippen LogP contribution in [0.3, 0.4) is 0 Å². The van der Waals surface area contributed by atoms with Crippen LogP contribution in [0.25, 0.3) is 0 Å². The number of ether oxygens (including phenoxy) is 1. The molecule has 3 fully saturated rings. The average molecular weight is 349 g/mol. The molecule has 6 heteroatoms. The summed E-state index contributed by atoms with van der Waals surface area (Å²) in [7, 11) is 0. The van der Waals surface area contributed by atoms with Gasteiger partial charge in [0.25, 0.3) is 0 Å². The van der Waals surface area contributed by atoms with Crippen molar-refractivity contribution in [1.29, 1.82) is 5.26 Å². The van der Waals surface area contributed by atoms with Gasteiger partial charge >= 0.3 is 0 Å². The molecule has 3 rings (SSSR count). The van der Waals surface area contributed by atoms with Crippen LogP contribution in [0.2, 0.25) is 0 Å². The van der Waals surface area contributed by atoms with E-state index in [1.54, 1.807) is 4.90 Å². The minimum Gasteiger partial charge on any atom is -0.394 e. The zero-order valence-electron chi connectivity index (χ0n) is 15.3. The first-order chi connectivity index (χ1) is 12.0. The second-order valence-corrected chi connectivity index (χ2v) is 8.24. The maximum Gasteiger partial charge on any atom is 0.240 e. The highest BCUT2D eigenvalue weighted by Crippen LogP contribution is 2.47. The molecular formula is C19H31N3O3. The Morgan fingerprint density at radius 2 is 2.00 bits per heavy atom. The number of nitrogens with one attached hydrogen (secondary N) is 1. The summed E-state index contributed by atoms with van der Waals surface area (Å²) in [6.07, 6.45) is 7.83. The fourth-order valence-electron chi connectivity index (χ4n) is 4.85. The average Bonchev–Trinajstić information content (AvgIpc) is 3.13. The van der Waals surface area contributed by atoms with Crippen molar-refractivity contribution >= 4 is 5.91 Å². The quantitative estimate of drug-likeness (QED) is 0.805. The lowest BCUT2D eigenvalue weighted by molar-refractivity contribution is -0.134. The predicted molar refractivity (Wildman–Crippen MR) is 93.7 cm³/mol. The van der Waals surface area contributed by atoms with Crippen LogP contribution in [0.4, 0.5) is 0 Å². The van der Waals surface area contributed by atoms with Gasteiger partial charge in [-0.15, -0.1) is 0 Å². The van der Waals surface area contributed by atoms with Crippen molar-refractivity contribution in [3.8, 4) is 6.07 Å². The number of carbonyl (C=O) groups is 1. The van der Waals surface area contributed by atoms with Crippen LogP contribution < -0.4 is 5.32 Å². The topological polar surface area (TPSA) is 85.6 Å². The number of nitriles is 1. The summed E-state index contributed by atoms with van der Waals surface area (Å²) in [6, 6.07) is 1.57. The van der Waals surface area contributed by atoms with Crippen LogP contribution in [-0.2, 0) is 9.53 Å². The molecule has 2 aliphatic heterocycles. The third-order valence-corrected chi connectivity index (χ3v) is 6.70. The van der Waals surface area contributed by atoms with Gasteiger partial charge in [-0.2, -0.15) is 5.26 Å². The van der Waals surface area contributed by atoms with Gasteiger partial charge in [0.2, 0.25) is 5.91 Å². The van der Waals surface area contributed by atoms with Crippen LogP contribution in [-0.4, -0.2) is 59.9 Å². The Kier molecular flexibility index (Phi) is 5.67. The molecular weight excluding hydrogens is 318 g/mol. The van der Waals surface area contributed by atoms with E-state index in [4.69, 9.17) is 4.74 Å². The molecule has 0 aromatic heterocycles. The fourth-order valence-corrected chi connectivity index (χ4v) is 4.85. The minimum atomic E-state index is -0.375. The third-order valence-electron chi connectivity index (χ3n) is 6.70. The van der Waals surface area contributed by atoms with Crippen molar-refractivity contribution in [3.63, 3.8) is 0 Å². The summed E-state index contributed by atoms with van der Waals surface area (Å²) in [6.45, 7) is 4.28. The Hall–Kier alpha value is -1.16. The van der Waals surface area contributed by atoms with Gasteiger partial charge < -0.3 is 14.7 Å². The van der Waals surface area contributed by atoms with Gasteiger partial charge in [0.1, 0.15) is 6.04 Å².